The van der Waals surface area contributed by atoms with Crippen LogP contribution in [-0.2, 0) is 16.6 Å². The molecule has 6 heteroatoms. The lowest BCUT2D eigenvalue weighted by molar-refractivity contribution is -0.125. The molecule has 0 bridgehead atoms. The molecule has 0 aliphatic rings. The zero-order valence-electron chi connectivity index (χ0n) is 16.5. The largest absolute Gasteiger partial charge is 0.444 e. The average Bonchev–Trinajstić information content (AvgIpc) is 2.71. The summed E-state index contributed by atoms with van der Waals surface area (Å²) in [6.45, 7) is 3.82. The number of amides is 1. The quantitative estimate of drug-likeness (QED) is 0.676. The predicted molar refractivity (Wildman–Crippen MR) is 111 cm³/mol. The van der Waals surface area contributed by atoms with Crippen LogP contribution in [0.1, 0.15) is 33.2 Å². The number of benzene rings is 2. The molecule has 3 aromatic rings. The first kappa shape index (κ1) is 20.1. The number of hydrogen-bond acceptors (Lipinski definition) is 4. The van der Waals surface area contributed by atoms with Crippen LogP contribution < -0.4 is 10.9 Å². The van der Waals surface area contributed by atoms with E-state index >= 15 is 0 Å². The van der Waals surface area contributed by atoms with Gasteiger partial charge in [-0.15, -0.1) is 0 Å². The molecule has 0 aliphatic carbocycles. The predicted octanol–water partition coefficient (Wildman–Crippen LogP) is 3.54. The topological polar surface area (TPSA) is 77.4 Å². The van der Waals surface area contributed by atoms with Crippen LogP contribution in [0.5, 0.6) is 0 Å². The van der Waals surface area contributed by atoms with Crippen LogP contribution in [0.25, 0.3) is 0 Å². The third kappa shape index (κ3) is 4.79. The molecule has 0 radical (unpaired) electrons. The van der Waals surface area contributed by atoms with Crippen LogP contribution in [0.3, 0.4) is 0 Å². The van der Waals surface area contributed by atoms with E-state index in [1.807, 2.05) is 38.1 Å². The Morgan fingerprint density at radius 3 is 2.41 bits per heavy atom. The van der Waals surface area contributed by atoms with Gasteiger partial charge >= 0.3 is 5.97 Å². The van der Waals surface area contributed by atoms with Crippen LogP contribution in [0.4, 0.5) is 5.69 Å². The highest BCUT2D eigenvalue weighted by Crippen LogP contribution is 2.23. The molecule has 2 aromatic carbocycles. The fraction of sp³-hybridized carbons (Fsp3) is 0.174. The molecule has 6 nitrogen and oxygen atoms in total. The Balaban J connectivity index is 1.89. The van der Waals surface area contributed by atoms with E-state index in [1.54, 1.807) is 31.3 Å². The summed E-state index contributed by atoms with van der Waals surface area (Å²) in [7, 11) is 1.59. The summed E-state index contributed by atoms with van der Waals surface area (Å²) in [6, 6.07) is 17.2. The number of nitrogens with zero attached hydrogens (tertiary/aromatic N) is 1. The van der Waals surface area contributed by atoms with Gasteiger partial charge in [-0.3, -0.25) is 9.59 Å². The van der Waals surface area contributed by atoms with Crippen molar-refractivity contribution in [3.05, 3.63) is 99.5 Å². The van der Waals surface area contributed by atoms with E-state index in [0.717, 1.165) is 11.1 Å². The Hall–Kier alpha value is -3.67. The first-order valence-electron chi connectivity index (χ1n) is 9.16. The van der Waals surface area contributed by atoms with Gasteiger partial charge in [0.25, 0.3) is 11.5 Å². The first-order valence-corrected chi connectivity index (χ1v) is 9.16. The minimum atomic E-state index is -1.16. The van der Waals surface area contributed by atoms with Gasteiger partial charge in [-0.05, 0) is 37.1 Å². The van der Waals surface area contributed by atoms with Crippen LogP contribution in [0, 0.1) is 13.8 Å². The zero-order valence-corrected chi connectivity index (χ0v) is 16.5. The van der Waals surface area contributed by atoms with Crippen molar-refractivity contribution in [1.29, 1.82) is 0 Å². The second-order valence-electron chi connectivity index (χ2n) is 6.87. The molecule has 1 aromatic heterocycles. The van der Waals surface area contributed by atoms with Crippen molar-refractivity contribution in [2.24, 2.45) is 7.05 Å². The van der Waals surface area contributed by atoms with E-state index in [9.17, 15) is 14.4 Å². The number of anilines is 1. The van der Waals surface area contributed by atoms with Crippen molar-refractivity contribution in [3.8, 4) is 0 Å². The Bertz CT molecular complexity index is 1100. The fourth-order valence-corrected chi connectivity index (χ4v) is 2.82. The van der Waals surface area contributed by atoms with E-state index in [2.05, 4.69) is 5.32 Å². The number of hydrogen-bond donors (Lipinski definition) is 1. The van der Waals surface area contributed by atoms with Gasteiger partial charge in [0.05, 0.1) is 5.56 Å². The van der Waals surface area contributed by atoms with Crippen molar-refractivity contribution in [1.82, 2.24) is 4.57 Å². The number of aromatic nitrogens is 1. The highest BCUT2D eigenvalue weighted by atomic mass is 16.5. The lowest BCUT2D eigenvalue weighted by atomic mass is 10.1. The highest BCUT2D eigenvalue weighted by Gasteiger charge is 2.26. The Labute approximate surface area is 168 Å². The first-order chi connectivity index (χ1) is 13.8. The van der Waals surface area contributed by atoms with Gasteiger partial charge in [-0.25, -0.2) is 4.79 Å². The Morgan fingerprint density at radius 2 is 1.72 bits per heavy atom. The number of nitrogens with one attached hydrogen (secondary N) is 1. The highest BCUT2D eigenvalue weighted by molar-refractivity contribution is 5.98. The summed E-state index contributed by atoms with van der Waals surface area (Å²) in [4.78, 5) is 37.5. The number of aryl methyl sites for hydroxylation is 3. The molecule has 0 spiro atoms. The number of esters is 1. The normalized spacial score (nSPS) is 11.6. The van der Waals surface area contributed by atoms with Gasteiger partial charge in [0.15, 0.2) is 0 Å². The zero-order chi connectivity index (χ0) is 21.0. The van der Waals surface area contributed by atoms with Gasteiger partial charge in [0, 0.05) is 30.6 Å². The minimum Gasteiger partial charge on any atom is -0.444 e. The Kier molecular flexibility index (Phi) is 5.93. The second kappa shape index (κ2) is 8.56. The molecule has 3 rings (SSSR count). The minimum absolute atomic E-state index is 0.0913. The second-order valence-corrected chi connectivity index (χ2v) is 6.87. The average molecular weight is 390 g/mol. The summed E-state index contributed by atoms with van der Waals surface area (Å²) < 4.78 is 6.87. The van der Waals surface area contributed by atoms with Gasteiger partial charge in [-0.2, -0.15) is 0 Å². The number of ether oxygens (including phenoxy) is 1. The molecule has 0 aliphatic heterocycles. The van der Waals surface area contributed by atoms with Crippen LogP contribution in [-0.4, -0.2) is 16.4 Å². The fourth-order valence-electron chi connectivity index (χ4n) is 2.82. The number of pyridine rings is 1. The van der Waals surface area contributed by atoms with E-state index < -0.39 is 18.0 Å². The van der Waals surface area contributed by atoms with Gasteiger partial charge in [0.2, 0.25) is 6.10 Å². The van der Waals surface area contributed by atoms with Crippen molar-refractivity contribution < 1.29 is 14.3 Å². The SMILES string of the molecule is Cc1ccc(C)c(NC(=O)C(OC(=O)c2ccn(C)c(=O)c2)c2ccccc2)c1. The number of rotatable bonds is 5. The third-order valence-corrected chi connectivity index (χ3v) is 4.56. The summed E-state index contributed by atoms with van der Waals surface area (Å²) >= 11 is 0. The molecular weight excluding hydrogens is 368 g/mol. The number of carbonyl (C=O) groups is 2. The third-order valence-electron chi connectivity index (χ3n) is 4.56. The summed E-state index contributed by atoms with van der Waals surface area (Å²) in [5.41, 5.74) is 2.84. The lowest BCUT2D eigenvalue weighted by Gasteiger charge is -2.19. The van der Waals surface area contributed by atoms with Crippen molar-refractivity contribution in [2.45, 2.75) is 20.0 Å². The van der Waals surface area contributed by atoms with E-state index in [0.29, 0.717) is 11.3 Å². The van der Waals surface area contributed by atoms with E-state index in [4.69, 9.17) is 4.74 Å². The maximum atomic E-state index is 13.0. The van der Waals surface area contributed by atoms with Crippen molar-refractivity contribution in [2.75, 3.05) is 5.32 Å². The molecule has 0 saturated carbocycles. The monoisotopic (exact) mass is 390 g/mol. The molecule has 0 fully saturated rings. The van der Waals surface area contributed by atoms with E-state index in [1.165, 1.54) is 22.9 Å². The van der Waals surface area contributed by atoms with Crippen LogP contribution in [0.2, 0.25) is 0 Å². The van der Waals surface area contributed by atoms with Gasteiger partial charge in [0.1, 0.15) is 0 Å². The maximum absolute atomic E-state index is 13.0. The van der Waals surface area contributed by atoms with Crippen LogP contribution >= 0.6 is 0 Å². The summed E-state index contributed by atoms with van der Waals surface area (Å²) in [5.74, 6) is -1.21. The standard InChI is InChI=1S/C23H22N2O4/c1-15-9-10-16(2)19(13-15)24-22(27)21(17-7-5-4-6-8-17)29-23(28)18-11-12-25(3)20(26)14-18/h4-14,21H,1-3H3,(H,24,27). The molecular formula is C23H22N2O4. The smallest absolute Gasteiger partial charge is 0.339 e. The molecule has 148 valence electrons. The Morgan fingerprint density at radius 1 is 1.00 bits per heavy atom. The maximum Gasteiger partial charge on any atom is 0.339 e. The lowest BCUT2D eigenvalue weighted by Crippen LogP contribution is -2.27. The molecule has 0 saturated heterocycles. The molecule has 1 N–H and O–H groups in total. The van der Waals surface area contributed by atoms with Gasteiger partial charge in [-0.1, -0.05) is 42.5 Å². The molecule has 1 unspecified atom stereocenters. The molecule has 1 atom stereocenters. The van der Waals surface area contributed by atoms with E-state index in [-0.39, 0.29) is 11.1 Å². The molecule has 1 amide bonds. The summed E-state index contributed by atoms with van der Waals surface area (Å²) in [5, 5.41) is 2.84. The van der Waals surface area contributed by atoms with Crippen molar-refractivity contribution in [3.63, 3.8) is 0 Å². The molecule has 29 heavy (non-hydrogen) atoms. The molecule has 1 heterocycles. The number of carbonyl (C=O) groups excluding carboxylic acids is 2. The van der Waals surface area contributed by atoms with Gasteiger partial charge < -0.3 is 14.6 Å². The van der Waals surface area contributed by atoms with Crippen LogP contribution in [0.15, 0.2) is 71.7 Å². The van der Waals surface area contributed by atoms with Crippen molar-refractivity contribution >= 4 is 17.6 Å². The summed E-state index contributed by atoms with van der Waals surface area (Å²) in [6.07, 6.45) is 0.319.